The molecule has 2 nitrogen and oxygen atoms in total. The SMILES string of the molecule is Brc1ccc2c(ccn2-c2occ3ccccc23)c1. The Bertz CT molecular complexity index is 888. The number of nitrogens with zero attached hydrogens (tertiary/aromatic N) is 1. The van der Waals surface area contributed by atoms with Gasteiger partial charge in [-0.2, -0.15) is 0 Å². The van der Waals surface area contributed by atoms with Crippen molar-refractivity contribution < 1.29 is 4.42 Å². The van der Waals surface area contributed by atoms with Gasteiger partial charge in [0.25, 0.3) is 0 Å². The third-order valence-corrected chi connectivity index (χ3v) is 3.85. The highest BCUT2D eigenvalue weighted by atomic mass is 79.9. The number of halogens is 1. The molecular weight excluding hydrogens is 302 g/mol. The Hall–Kier alpha value is -2.00. The molecule has 0 aliphatic heterocycles. The third-order valence-electron chi connectivity index (χ3n) is 3.36. The van der Waals surface area contributed by atoms with Crippen molar-refractivity contribution in [2.75, 3.05) is 0 Å². The Labute approximate surface area is 118 Å². The van der Waals surface area contributed by atoms with Gasteiger partial charge in [-0.1, -0.05) is 34.1 Å². The Morgan fingerprint density at radius 3 is 2.79 bits per heavy atom. The summed E-state index contributed by atoms with van der Waals surface area (Å²) in [6.07, 6.45) is 3.84. The van der Waals surface area contributed by atoms with Gasteiger partial charge < -0.3 is 4.42 Å². The van der Waals surface area contributed by atoms with Crippen molar-refractivity contribution in [1.82, 2.24) is 4.57 Å². The van der Waals surface area contributed by atoms with Gasteiger partial charge in [-0.15, -0.1) is 0 Å². The van der Waals surface area contributed by atoms with E-state index >= 15 is 0 Å². The highest BCUT2D eigenvalue weighted by molar-refractivity contribution is 9.10. The maximum atomic E-state index is 5.75. The van der Waals surface area contributed by atoms with Crippen molar-refractivity contribution in [1.29, 1.82) is 0 Å². The summed E-state index contributed by atoms with van der Waals surface area (Å²) in [5, 5.41) is 3.44. The predicted molar refractivity (Wildman–Crippen MR) is 80.7 cm³/mol. The molecule has 2 aromatic heterocycles. The van der Waals surface area contributed by atoms with Crippen LogP contribution in [0.15, 0.2) is 69.9 Å². The van der Waals surface area contributed by atoms with Crippen LogP contribution < -0.4 is 0 Å². The van der Waals surface area contributed by atoms with Crippen LogP contribution in [0, 0.1) is 0 Å². The molecule has 0 atom stereocenters. The number of hydrogen-bond acceptors (Lipinski definition) is 1. The summed E-state index contributed by atoms with van der Waals surface area (Å²) >= 11 is 3.50. The Kier molecular flexibility index (Phi) is 2.29. The molecule has 2 heterocycles. The van der Waals surface area contributed by atoms with E-state index in [0.717, 1.165) is 26.6 Å². The lowest BCUT2D eigenvalue weighted by molar-refractivity contribution is 0.548. The molecule has 0 fully saturated rings. The minimum atomic E-state index is 0.868. The second kappa shape index (κ2) is 4.00. The smallest absolute Gasteiger partial charge is 0.211 e. The van der Waals surface area contributed by atoms with Gasteiger partial charge in [0.1, 0.15) is 6.26 Å². The van der Waals surface area contributed by atoms with E-state index in [-0.39, 0.29) is 0 Å². The van der Waals surface area contributed by atoms with Crippen LogP contribution in [-0.4, -0.2) is 4.57 Å². The van der Waals surface area contributed by atoms with Crippen molar-refractivity contribution >= 4 is 37.6 Å². The van der Waals surface area contributed by atoms with E-state index < -0.39 is 0 Å². The molecule has 0 saturated carbocycles. The molecule has 0 aliphatic carbocycles. The topological polar surface area (TPSA) is 18.1 Å². The normalized spacial score (nSPS) is 11.4. The standard InChI is InChI=1S/C16H10BrNO/c17-13-5-6-15-11(9-13)7-8-18(15)16-14-4-2-1-3-12(14)10-19-16/h1-10H. The first-order valence-corrected chi connectivity index (χ1v) is 6.85. The van der Waals surface area contributed by atoms with Crippen molar-refractivity contribution in [2.24, 2.45) is 0 Å². The molecule has 0 unspecified atom stereocenters. The molecule has 0 N–H and O–H groups in total. The van der Waals surface area contributed by atoms with Crippen molar-refractivity contribution in [2.45, 2.75) is 0 Å². The summed E-state index contributed by atoms with van der Waals surface area (Å²) in [5.74, 6) is 0.868. The maximum absolute atomic E-state index is 5.75. The third kappa shape index (κ3) is 1.62. The largest absolute Gasteiger partial charge is 0.447 e. The van der Waals surface area contributed by atoms with Crippen molar-refractivity contribution in [3.63, 3.8) is 0 Å². The molecule has 4 aromatic rings. The highest BCUT2D eigenvalue weighted by Crippen LogP contribution is 2.29. The molecule has 0 spiro atoms. The van der Waals surface area contributed by atoms with Gasteiger partial charge >= 0.3 is 0 Å². The predicted octanol–water partition coefficient (Wildman–Crippen LogP) is 5.14. The first-order chi connectivity index (χ1) is 9.33. The number of fused-ring (bicyclic) bond motifs is 2. The van der Waals surface area contributed by atoms with E-state index in [0.29, 0.717) is 0 Å². The van der Waals surface area contributed by atoms with Gasteiger partial charge in [-0.25, -0.2) is 0 Å². The molecule has 0 saturated heterocycles. The Morgan fingerprint density at radius 1 is 0.947 bits per heavy atom. The van der Waals surface area contributed by atoms with Crippen LogP contribution in [0.1, 0.15) is 0 Å². The van der Waals surface area contributed by atoms with Crippen LogP contribution in [0.5, 0.6) is 0 Å². The molecule has 3 heteroatoms. The molecule has 0 amide bonds. The van der Waals surface area contributed by atoms with Gasteiger partial charge in [-0.3, -0.25) is 4.57 Å². The van der Waals surface area contributed by atoms with Crippen molar-refractivity contribution in [3.8, 4) is 5.88 Å². The quantitative estimate of drug-likeness (QED) is 0.476. The fourth-order valence-corrected chi connectivity index (χ4v) is 2.83. The number of rotatable bonds is 1. The summed E-state index contributed by atoms with van der Waals surface area (Å²) in [6.45, 7) is 0. The van der Waals surface area contributed by atoms with E-state index in [4.69, 9.17) is 4.42 Å². The van der Waals surface area contributed by atoms with Crippen molar-refractivity contribution in [3.05, 3.63) is 65.5 Å². The van der Waals surface area contributed by atoms with Crippen LogP contribution in [-0.2, 0) is 0 Å². The van der Waals surface area contributed by atoms with E-state index in [1.165, 1.54) is 5.39 Å². The zero-order valence-corrected chi connectivity index (χ0v) is 11.6. The number of aromatic nitrogens is 1. The Balaban J connectivity index is 2.04. The zero-order chi connectivity index (χ0) is 12.8. The highest BCUT2D eigenvalue weighted by Gasteiger charge is 2.10. The molecule has 0 bridgehead atoms. The summed E-state index contributed by atoms with van der Waals surface area (Å²) in [5.41, 5.74) is 1.14. The molecular formula is C16H10BrNO. The summed E-state index contributed by atoms with van der Waals surface area (Å²) in [6, 6.07) is 16.5. The minimum absolute atomic E-state index is 0.868. The Morgan fingerprint density at radius 2 is 1.84 bits per heavy atom. The van der Waals surface area contributed by atoms with E-state index in [1.807, 2.05) is 24.4 Å². The second-order valence-corrected chi connectivity index (χ2v) is 5.43. The van der Waals surface area contributed by atoms with Gasteiger partial charge in [0.05, 0.1) is 5.52 Å². The van der Waals surface area contributed by atoms with Crippen LogP contribution >= 0.6 is 15.9 Å². The lowest BCUT2D eigenvalue weighted by Crippen LogP contribution is -1.89. The molecule has 2 aromatic carbocycles. The average molecular weight is 312 g/mol. The molecule has 4 rings (SSSR count). The number of benzene rings is 2. The van der Waals surface area contributed by atoms with E-state index in [1.54, 1.807) is 6.26 Å². The van der Waals surface area contributed by atoms with Crippen LogP contribution in [0.25, 0.3) is 27.6 Å². The average Bonchev–Trinajstić information content (AvgIpc) is 3.01. The van der Waals surface area contributed by atoms with E-state index in [9.17, 15) is 0 Å². The molecule has 0 aliphatic rings. The van der Waals surface area contributed by atoms with Crippen LogP contribution in [0.2, 0.25) is 0 Å². The number of furan rings is 1. The van der Waals surface area contributed by atoms with Gasteiger partial charge in [-0.05, 0) is 30.3 Å². The monoisotopic (exact) mass is 311 g/mol. The van der Waals surface area contributed by atoms with Crippen LogP contribution in [0.4, 0.5) is 0 Å². The lowest BCUT2D eigenvalue weighted by Gasteiger charge is -2.02. The zero-order valence-electron chi connectivity index (χ0n) is 10.0. The molecule has 0 radical (unpaired) electrons. The summed E-state index contributed by atoms with van der Waals surface area (Å²) in [7, 11) is 0. The second-order valence-electron chi connectivity index (χ2n) is 4.52. The van der Waals surface area contributed by atoms with Gasteiger partial charge in [0.15, 0.2) is 0 Å². The maximum Gasteiger partial charge on any atom is 0.211 e. The first kappa shape index (κ1) is 10.9. The summed E-state index contributed by atoms with van der Waals surface area (Å²) in [4.78, 5) is 0. The minimum Gasteiger partial charge on any atom is -0.447 e. The number of hydrogen-bond donors (Lipinski definition) is 0. The van der Waals surface area contributed by atoms with Crippen LogP contribution in [0.3, 0.4) is 0 Å². The lowest BCUT2D eigenvalue weighted by atomic mass is 10.2. The fourth-order valence-electron chi connectivity index (χ4n) is 2.45. The molecule has 19 heavy (non-hydrogen) atoms. The van der Waals surface area contributed by atoms with Gasteiger partial charge in [0.2, 0.25) is 5.88 Å². The van der Waals surface area contributed by atoms with Gasteiger partial charge in [0, 0.05) is 26.8 Å². The fraction of sp³-hybridized carbons (Fsp3) is 0. The summed E-state index contributed by atoms with van der Waals surface area (Å²) < 4.78 is 8.92. The van der Waals surface area contributed by atoms with E-state index in [2.05, 4.69) is 50.8 Å². The molecule has 92 valence electrons. The first-order valence-electron chi connectivity index (χ1n) is 6.06.